The van der Waals surface area contributed by atoms with Crippen molar-refractivity contribution < 1.29 is 40.2 Å². The van der Waals surface area contributed by atoms with Crippen LogP contribution in [0.5, 0.6) is 11.5 Å². The number of halogens is 4. The Kier molecular flexibility index (Phi) is 6.94. The monoisotopic (exact) mass is 476 g/mol. The average molecular weight is 476 g/mol. The van der Waals surface area contributed by atoms with Gasteiger partial charge in [-0.1, -0.05) is 0 Å². The lowest BCUT2D eigenvalue weighted by Gasteiger charge is -2.35. The highest BCUT2D eigenvalue weighted by atomic mass is 32.2. The first-order chi connectivity index (χ1) is 15.0. The summed E-state index contributed by atoms with van der Waals surface area (Å²) >= 11 is 0. The van der Waals surface area contributed by atoms with Crippen LogP contribution in [0.15, 0.2) is 53.4 Å². The van der Waals surface area contributed by atoms with Crippen LogP contribution < -0.4 is 9.47 Å². The predicted octanol–water partition coefficient (Wildman–Crippen LogP) is 3.02. The van der Waals surface area contributed by atoms with Gasteiger partial charge in [-0.05, 0) is 55.5 Å². The molecule has 12 heteroatoms. The van der Waals surface area contributed by atoms with Crippen LogP contribution in [0.4, 0.5) is 17.6 Å². The van der Waals surface area contributed by atoms with Crippen LogP contribution in [0.2, 0.25) is 0 Å². The number of sulfonamides is 1. The summed E-state index contributed by atoms with van der Waals surface area (Å²) in [4.78, 5) is 13.9. The standard InChI is InChI=1S/C20H20F4N2O5S/c1-14(30-16-4-2-15(21)3-5-16)19(27)25-10-12-26(13-11-25)32(28,29)18-8-6-17(7-9-18)31-20(22,23)24/h2-9,14H,10-13H2,1H3. The summed E-state index contributed by atoms with van der Waals surface area (Å²) in [6, 6.07) is 9.13. The highest BCUT2D eigenvalue weighted by molar-refractivity contribution is 7.89. The summed E-state index contributed by atoms with van der Waals surface area (Å²) < 4.78 is 85.7. The fourth-order valence-electron chi connectivity index (χ4n) is 3.14. The van der Waals surface area contributed by atoms with Crippen LogP contribution in [-0.4, -0.2) is 62.2 Å². The van der Waals surface area contributed by atoms with Crippen LogP contribution in [0.3, 0.4) is 0 Å². The van der Waals surface area contributed by atoms with E-state index in [-0.39, 0.29) is 37.0 Å². The minimum Gasteiger partial charge on any atom is -0.481 e. The lowest BCUT2D eigenvalue weighted by atomic mass is 10.2. The fraction of sp³-hybridized carbons (Fsp3) is 0.350. The molecule has 174 valence electrons. The molecule has 0 saturated carbocycles. The van der Waals surface area contributed by atoms with Crippen molar-refractivity contribution in [2.75, 3.05) is 26.2 Å². The van der Waals surface area contributed by atoms with Gasteiger partial charge < -0.3 is 14.4 Å². The van der Waals surface area contributed by atoms with Gasteiger partial charge in [0.05, 0.1) is 4.90 Å². The smallest absolute Gasteiger partial charge is 0.481 e. The number of ether oxygens (including phenoxy) is 2. The molecule has 1 aliphatic heterocycles. The Bertz CT molecular complexity index is 1040. The molecule has 0 bridgehead atoms. The van der Waals surface area contributed by atoms with E-state index in [1.54, 1.807) is 6.92 Å². The van der Waals surface area contributed by atoms with Gasteiger partial charge in [0.15, 0.2) is 6.10 Å². The van der Waals surface area contributed by atoms with Crippen LogP contribution in [0.1, 0.15) is 6.92 Å². The lowest BCUT2D eigenvalue weighted by molar-refractivity contribution is -0.274. The van der Waals surface area contributed by atoms with Crippen molar-refractivity contribution in [1.29, 1.82) is 0 Å². The second-order valence-electron chi connectivity index (χ2n) is 6.96. The third-order valence-electron chi connectivity index (χ3n) is 4.72. The Labute approximate surface area is 182 Å². The Balaban J connectivity index is 1.58. The molecule has 2 aromatic carbocycles. The average Bonchev–Trinajstić information content (AvgIpc) is 2.74. The van der Waals surface area contributed by atoms with E-state index in [0.717, 1.165) is 28.6 Å². The number of rotatable bonds is 6. The largest absolute Gasteiger partial charge is 0.573 e. The topological polar surface area (TPSA) is 76.2 Å². The molecule has 1 aliphatic rings. The molecule has 7 nitrogen and oxygen atoms in total. The zero-order valence-electron chi connectivity index (χ0n) is 16.9. The molecule has 0 N–H and O–H groups in total. The maximum Gasteiger partial charge on any atom is 0.573 e. The molecule has 0 radical (unpaired) electrons. The minimum atomic E-state index is -4.87. The van der Waals surface area contributed by atoms with E-state index in [2.05, 4.69) is 4.74 Å². The number of piperazine rings is 1. The van der Waals surface area contributed by atoms with Crippen molar-refractivity contribution in [3.63, 3.8) is 0 Å². The van der Waals surface area contributed by atoms with Crippen molar-refractivity contribution >= 4 is 15.9 Å². The molecule has 1 atom stereocenters. The zero-order valence-corrected chi connectivity index (χ0v) is 17.7. The molecular weight excluding hydrogens is 456 g/mol. The van der Waals surface area contributed by atoms with Crippen LogP contribution in [-0.2, 0) is 14.8 Å². The van der Waals surface area contributed by atoms with Gasteiger partial charge in [0, 0.05) is 26.2 Å². The Morgan fingerprint density at radius 2 is 1.47 bits per heavy atom. The maximum atomic E-state index is 13.0. The van der Waals surface area contributed by atoms with Gasteiger partial charge in [-0.3, -0.25) is 4.79 Å². The van der Waals surface area contributed by atoms with E-state index >= 15 is 0 Å². The number of carbonyl (C=O) groups excluding carboxylic acids is 1. The normalized spacial score (nSPS) is 16.5. The molecule has 3 rings (SSSR count). The first-order valence-electron chi connectivity index (χ1n) is 9.53. The SMILES string of the molecule is CC(Oc1ccc(F)cc1)C(=O)N1CCN(S(=O)(=O)c2ccc(OC(F)(F)F)cc2)CC1. The van der Waals surface area contributed by atoms with Crippen molar-refractivity contribution in [3.05, 3.63) is 54.3 Å². The summed E-state index contributed by atoms with van der Waals surface area (Å²) in [7, 11) is -3.95. The molecule has 1 unspecified atom stereocenters. The summed E-state index contributed by atoms with van der Waals surface area (Å²) in [6.45, 7) is 1.80. The van der Waals surface area contributed by atoms with Crippen molar-refractivity contribution in [3.8, 4) is 11.5 Å². The van der Waals surface area contributed by atoms with E-state index in [4.69, 9.17) is 4.74 Å². The quantitative estimate of drug-likeness (QED) is 0.600. The Morgan fingerprint density at radius 3 is 2.00 bits per heavy atom. The molecule has 1 fully saturated rings. The molecule has 1 saturated heterocycles. The fourth-order valence-corrected chi connectivity index (χ4v) is 4.56. The lowest BCUT2D eigenvalue weighted by Crippen LogP contribution is -2.53. The minimum absolute atomic E-state index is 0.0120. The molecule has 1 heterocycles. The molecule has 0 aromatic heterocycles. The second kappa shape index (κ2) is 9.33. The molecule has 2 aromatic rings. The van der Waals surface area contributed by atoms with Gasteiger partial charge in [-0.25, -0.2) is 12.8 Å². The number of hydrogen-bond donors (Lipinski definition) is 0. The van der Waals surface area contributed by atoms with Crippen LogP contribution in [0, 0.1) is 5.82 Å². The van der Waals surface area contributed by atoms with Crippen molar-refractivity contribution in [2.45, 2.75) is 24.3 Å². The van der Waals surface area contributed by atoms with E-state index in [1.807, 2.05) is 0 Å². The number of benzene rings is 2. The van der Waals surface area contributed by atoms with Crippen molar-refractivity contribution in [1.82, 2.24) is 9.21 Å². The van der Waals surface area contributed by atoms with E-state index in [1.165, 1.54) is 29.2 Å². The Morgan fingerprint density at radius 1 is 0.938 bits per heavy atom. The molecule has 1 amide bonds. The van der Waals surface area contributed by atoms with Gasteiger partial charge in [0.2, 0.25) is 10.0 Å². The van der Waals surface area contributed by atoms with Crippen molar-refractivity contribution in [2.24, 2.45) is 0 Å². The number of hydrogen-bond acceptors (Lipinski definition) is 5. The van der Waals surface area contributed by atoms with E-state index in [9.17, 15) is 30.8 Å². The van der Waals surface area contributed by atoms with Gasteiger partial charge in [0.1, 0.15) is 17.3 Å². The van der Waals surface area contributed by atoms with Gasteiger partial charge in [0.25, 0.3) is 5.91 Å². The van der Waals surface area contributed by atoms with E-state index < -0.39 is 34.1 Å². The zero-order chi connectivity index (χ0) is 23.5. The van der Waals surface area contributed by atoms with Gasteiger partial charge >= 0.3 is 6.36 Å². The number of alkyl halides is 3. The van der Waals surface area contributed by atoms with Gasteiger partial charge in [-0.2, -0.15) is 4.31 Å². The van der Waals surface area contributed by atoms with E-state index in [0.29, 0.717) is 5.75 Å². The van der Waals surface area contributed by atoms with Crippen LogP contribution in [0.25, 0.3) is 0 Å². The first kappa shape index (κ1) is 23.8. The van der Waals surface area contributed by atoms with Crippen LogP contribution >= 0.6 is 0 Å². The summed E-state index contributed by atoms with van der Waals surface area (Å²) in [5.41, 5.74) is 0. The maximum absolute atomic E-state index is 13.0. The molecule has 32 heavy (non-hydrogen) atoms. The summed E-state index contributed by atoms with van der Waals surface area (Å²) in [5.74, 6) is -0.982. The third kappa shape index (κ3) is 5.88. The second-order valence-corrected chi connectivity index (χ2v) is 8.90. The first-order valence-corrected chi connectivity index (χ1v) is 11.0. The molecular formula is C20H20F4N2O5S. The molecule has 0 aliphatic carbocycles. The molecule has 0 spiro atoms. The third-order valence-corrected chi connectivity index (χ3v) is 6.63. The Hall–Kier alpha value is -2.86. The highest BCUT2D eigenvalue weighted by Crippen LogP contribution is 2.25. The summed E-state index contributed by atoms with van der Waals surface area (Å²) in [5, 5.41) is 0. The number of amides is 1. The highest BCUT2D eigenvalue weighted by Gasteiger charge is 2.33. The number of nitrogens with zero attached hydrogens (tertiary/aromatic N) is 2. The van der Waals surface area contributed by atoms with Gasteiger partial charge in [-0.15, -0.1) is 13.2 Å². The summed E-state index contributed by atoms with van der Waals surface area (Å²) in [6.07, 6.45) is -5.73. The predicted molar refractivity (Wildman–Crippen MR) is 105 cm³/mol. The number of carbonyl (C=O) groups is 1.